The van der Waals surface area contributed by atoms with E-state index in [9.17, 15) is 9.59 Å². The highest BCUT2D eigenvalue weighted by molar-refractivity contribution is 5.84. The van der Waals surface area contributed by atoms with Crippen molar-refractivity contribution in [1.82, 2.24) is 15.5 Å². The van der Waals surface area contributed by atoms with E-state index in [1.54, 1.807) is 12.0 Å². The topological polar surface area (TPSA) is 70.7 Å². The first-order chi connectivity index (χ1) is 12.0. The summed E-state index contributed by atoms with van der Waals surface area (Å²) in [5, 5.41) is 5.88. The van der Waals surface area contributed by atoms with Gasteiger partial charge in [-0.1, -0.05) is 19.1 Å². The van der Waals surface area contributed by atoms with Crippen molar-refractivity contribution in [2.75, 3.05) is 26.7 Å². The molecule has 2 rings (SSSR count). The molecule has 1 atom stereocenters. The second-order valence-corrected chi connectivity index (χ2v) is 6.53. The van der Waals surface area contributed by atoms with Crippen molar-refractivity contribution in [2.24, 2.45) is 5.41 Å². The smallest absolute Gasteiger partial charge is 0.317 e. The minimum Gasteiger partial charge on any atom is -0.497 e. The van der Waals surface area contributed by atoms with E-state index in [1.807, 2.05) is 38.1 Å². The molecule has 3 amide bonds. The third-order valence-corrected chi connectivity index (χ3v) is 4.94. The molecule has 6 heteroatoms. The summed E-state index contributed by atoms with van der Waals surface area (Å²) in [5.41, 5.74) is 0.511. The van der Waals surface area contributed by atoms with Gasteiger partial charge in [0.25, 0.3) is 0 Å². The fourth-order valence-electron chi connectivity index (χ4n) is 3.36. The van der Waals surface area contributed by atoms with E-state index in [-0.39, 0.29) is 11.9 Å². The number of carbonyl (C=O) groups excluding carboxylic acids is 2. The molecule has 0 bridgehead atoms. The van der Waals surface area contributed by atoms with Crippen LogP contribution in [0.2, 0.25) is 0 Å². The highest BCUT2D eigenvalue weighted by Gasteiger charge is 2.41. The Morgan fingerprint density at radius 2 is 2.08 bits per heavy atom. The van der Waals surface area contributed by atoms with E-state index in [4.69, 9.17) is 4.74 Å². The number of methoxy groups -OCH3 is 1. The zero-order valence-corrected chi connectivity index (χ0v) is 15.4. The van der Waals surface area contributed by atoms with Crippen molar-refractivity contribution in [3.8, 4) is 5.75 Å². The van der Waals surface area contributed by atoms with Crippen LogP contribution in [0, 0.1) is 5.41 Å². The number of hydrogen-bond acceptors (Lipinski definition) is 3. The fourth-order valence-corrected chi connectivity index (χ4v) is 3.36. The number of carbonyl (C=O) groups is 2. The Kier molecular flexibility index (Phi) is 6.67. The van der Waals surface area contributed by atoms with Gasteiger partial charge in [-0.05, 0) is 43.9 Å². The average Bonchev–Trinajstić information content (AvgIpc) is 2.66. The van der Waals surface area contributed by atoms with Crippen molar-refractivity contribution in [1.29, 1.82) is 0 Å². The van der Waals surface area contributed by atoms with Crippen molar-refractivity contribution < 1.29 is 14.3 Å². The first-order valence-electron chi connectivity index (χ1n) is 8.98. The molecule has 0 saturated carbocycles. The molecule has 1 fully saturated rings. The number of nitrogens with zero attached hydrogens (tertiary/aromatic N) is 1. The van der Waals surface area contributed by atoms with Crippen LogP contribution >= 0.6 is 0 Å². The van der Waals surface area contributed by atoms with E-state index >= 15 is 0 Å². The maximum absolute atomic E-state index is 12.6. The molecule has 138 valence electrons. The Morgan fingerprint density at radius 1 is 1.28 bits per heavy atom. The number of amides is 3. The fraction of sp³-hybridized carbons (Fsp3) is 0.579. The molecule has 6 nitrogen and oxygen atoms in total. The number of ether oxygens (including phenoxy) is 1. The van der Waals surface area contributed by atoms with Gasteiger partial charge < -0.3 is 20.3 Å². The minimum atomic E-state index is -0.471. The molecule has 25 heavy (non-hydrogen) atoms. The first-order valence-corrected chi connectivity index (χ1v) is 8.98. The van der Waals surface area contributed by atoms with Crippen LogP contribution in [0.25, 0.3) is 0 Å². The number of rotatable bonds is 6. The van der Waals surface area contributed by atoms with E-state index in [2.05, 4.69) is 10.6 Å². The highest BCUT2D eigenvalue weighted by Crippen LogP contribution is 2.33. The lowest BCUT2D eigenvalue weighted by atomic mass is 9.76. The summed E-state index contributed by atoms with van der Waals surface area (Å²) in [4.78, 5) is 26.8. The average molecular weight is 347 g/mol. The molecule has 1 aromatic rings. The van der Waals surface area contributed by atoms with Crippen molar-refractivity contribution in [3.05, 3.63) is 29.8 Å². The quantitative estimate of drug-likeness (QED) is 0.831. The van der Waals surface area contributed by atoms with Crippen LogP contribution in [-0.4, -0.2) is 43.6 Å². The van der Waals surface area contributed by atoms with Crippen LogP contribution in [-0.2, 0) is 11.3 Å². The molecule has 1 aromatic carbocycles. The van der Waals surface area contributed by atoms with Gasteiger partial charge in [-0.2, -0.15) is 0 Å². The molecule has 1 aliphatic rings. The molecule has 0 spiro atoms. The summed E-state index contributed by atoms with van der Waals surface area (Å²) in [5.74, 6) is 0.828. The van der Waals surface area contributed by atoms with Crippen LogP contribution in [0.5, 0.6) is 5.75 Å². The Morgan fingerprint density at radius 3 is 2.76 bits per heavy atom. The maximum Gasteiger partial charge on any atom is 0.317 e. The SMILES string of the molecule is CCNC(=O)C1(CC)CCCN(C(=O)NCc2cccc(OC)c2)C1. The summed E-state index contributed by atoms with van der Waals surface area (Å²) >= 11 is 0. The molecule has 1 aliphatic heterocycles. The lowest BCUT2D eigenvalue weighted by Gasteiger charge is -2.41. The predicted octanol–water partition coefficient (Wildman–Crippen LogP) is 2.53. The normalized spacial score (nSPS) is 20.0. The van der Waals surface area contributed by atoms with Gasteiger partial charge in [-0.25, -0.2) is 4.79 Å². The minimum absolute atomic E-state index is 0.0581. The van der Waals surface area contributed by atoms with Crippen molar-refractivity contribution in [2.45, 2.75) is 39.7 Å². The number of nitrogens with one attached hydrogen (secondary N) is 2. The molecule has 1 heterocycles. The summed E-state index contributed by atoms with van der Waals surface area (Å²) in [7, 11) is 1.62. The number of likely N-dealkylation sites (tertiary alicyclic amines) is 1. The van der Waals surface area contributed by atoms with Crippen LogP contribution in [0.4, 0.5) is 4.79 Å². The van der Waals surface area contributed by atoms with E-state index in [0.717, 1.165) is 30.6 Å². The predicted molar refractivity (Wildman–Crippen MR) is 97.4 cm³/mol. The summed E-state index contributed by atoms with van der Waals surface area (Å²) < 4.78 is 5.20. The van der Waals surface area contributed by atoms with Crippen LogP contribution in [0.1, 0.15) is 38.7 Å². The van der Waals surface area contributed by atoms with Crippen LogP contribution in [0.15, 0.2) is 24.3 Å². The third kappa shape index (κ3) is 4.65. The number of urea groups is 1. The van der Waals surface area contributed by atoms with Gasteiger partial charge >= 0.3 is 6.03 Å². The van der Waals surface area contributed by atoms with Gasteiger partial charge in [-0.3, -0.25) is 4.79 Å². The van der Waals surface area contributed by atoms with Gasteiger partial charge in [0.05, 0.1) is 12.5 Å². The Labute approximate surface area is 149 Å². The van der Waals surface area contributed by atoms with Crippen molar-refractivity contribution in [3.63, 3.8) is 0 Å². The Bertz CT molecular complexity index is 605. The zero-order valence-electron chi connectivity index (χ0n) is 15.4. The molecular formula is C19H29N3O3. The number of piperidine rings is 1. The lowest BCUT2D eigenvalue weighted by molar-refractivity contribution is -0.133. The zero-order chi connectivity index (χ0) is 18.3. The standard InChI is InChI=1S/C19H29N3O3/c1-4-19(17(23)20-5-2)10-7-11-22(14-19)18(24)21-13-15-8-6-9-16(12-15)25-3/h6,8-9,12H,4-5,7,10-11,13-14H2,1-3H3,(H,20,23)(H,21,24). The first kappa shape index (κ1) is 19.1. The van der Waals surface area contributed by atoms with Crippen molar-refractivity contribution >= 4 is 11.9 Å². The van der Waals surface area contributed by atoms with Gasteiger partial charge in [0.15, 0.2) is 0 Å². The Hall–Kier alpha value is -2.24. The van der Waals surface area contributed by atoms with E-state index in [0.29, 0.717) is 26.2 Å². The molecule has 0 aromatic heterocycles. The van der Waals surface area contributed by atoms with Gasteiger partial charge in [0, 0.05) is 26.2 Å². The number of hydrogen-bond donors (Lipinski definition) is 2. The van der Waals surface area contributed by atoms with E-state index < -0.39 is 5.41 Å². The summed E-state index contributed by atoms with van der Waals surface area (Å²) in [6.45, 7) is 6.15. The van der Waals surface area contributed by atoms with Gasteiger partial charge in [-0.15, -0.1) is 0 Å². The van der Waals surface area contributed by atoms with Gasteiger partial charge in [0.1, 0.15) is 5.75 Å². The van der Waals surface area contributed by atoms with Crippen LogP contribution in [0.3, 0.4) is 0 Å². The van der Waals surface area contributed by atoms with Crippen LogP contribution < -0.4 is 15.4 Å². The third-order valence-electron chi connectivity index (χ3n) is 4.94. The lowest BCUT2D eigenvalue weighted by Crippen LogP contribution is -2.55. The highest BCUT2D eigenvalue weighted by atomic mass is 16.5. The summed E-state index contributed by atoms with van der Waals surface area (Å²) in [6.07, 6.45) is 2.41. The van der Waals surface area contributed by atoms with E-state index in [1.165, 1.54) is 0 Å². The largest absolute Gasteiger partial charge is 0.497 e. The molecule has 0 radical (unpaired) electrons. The molecule has 1 unspecified atom stereocenters. The molecule has 2 N–H and O–H groups in total. The second-order valence-electron chi connectivity index (χ2n) is 6.53. The number of benzene rings is 1. The monoisotopic (exact) mass is 347 g/mol. The Balaban J connectivity index is 1.97. The second kappa shape index (κ2) is 8.74. The molecule has 1 saturated heterocycles. The maximum atomic E-state index is 12.6. The molecule has 0 aliphatic carbocycles. The molecular weight excluding hydrogens is 318 g/mol. The summed E-state index contributed by atoms with van der Waals surface area (Å²) in [6, 6.07) is 7.51. The van der Waals surface area contributed by atoms with Gasteiger partial charge in [0.2, 0.25) is 5.91 Å².